The molecule has 0 unspecified atom stereocenters. The smallest absolute Gasteiger partial charge is 0.277 e. The molecule has 0 saturated heterocycles. The van der Waals surface area contributed by atoms with Crippen LogP contribution in [0.15, 0.2) is 33.9 Å². The van der Waals surface area contributed by atoms with Crippen LogP contribution >= 0.6 is 11.8 Å². The Kier molecular flexibility index (Phi) is 3.68. The number of methoxy groups -OCH3 is 1. The predicted molar refractivity (Wildman–Crippen MR) is 65.8 cm³/mol. The highest BCUT2D eigenvalue weighted by Gasteiger charge is 2.09. The summed E-state index contributed by atoms with van der Waals surface area (Å²) in [6, 6.07) is 7.44. The molecule has 0 spiro atoms. The third-order valence-electron chi connectivity index (χ3n) is 2.00. The molecule has 17 heavy (non-hydrogen) atoms. The number of thioether (sulfide) groups is 1. The maximum atomic E-state index is 5.46. The van der Waals surface area contributed by atoms with E-state index in [2.05, 4.69) is 16.1 Å². The molecule has 0 aliphatic heterocycles. The molecule has 0 saturated carbocycles. The van der Waals surface area contributed by atoms with Gasteiger partial charge in [-0.25, -0.2) is 0 Å². The van der Waals surface area contributed by atoms with E-state index in [1.54, 1.807) is 7.11 Å². The molecule has 0 N–H and O–H groups in total. The van der Waals surface area contributed by atoms with Crippen LogP contribution in [0.25, 0.3) is 11.5 Å². The molecule has 2 rings (SSSR count). The zero-order valence-electron chi connectivity index (χ0n) is 9.21. The maximum absolute atomic E-state index is 5.46. The Morgan fingerprint density at radius 3 is 3.12 bits per heavy atom. The highest BCUT2D eigenvalue weighted by molar-refractivity contribution is 7.99. The normalized spacial score (nSPS) is 9.88. The van der Waals surface area contributed by atoms with Gasteiger partial charge < -0.3 is 9.15 Å². The van der Waals surface area contributed by atoms with E-state index in [-0.39, 0.29) is 0 Å². The van der Waals surface area contributed by atoms with Crippen LogP contribution in [0.4, 0.5) is 0 Å². The van der Waals surface area contributed by atoms with Crippen molar-refractivity contribution < 1.29 is 9.15 Å². The summed E-state index contributed by atoms with van der Waals surface area (Å²) in [7, 11) is 1.61. The first-order valence-electron chi connectivity index (χ1n) is 4.87. The van der Waals surface area contributed by atoms with Gasteiger partial charge in [0.1, 0.15) is 5.75 Å². The SMILES string of the molecule is C#CCSc1nnc(-c2cccc(OC)c2)o1. The van der Waals surface area contributed by atoms with Crippen molar-refractivity contribution in [1.82, 2.24) is 10.2 Å². The van der Waals surface area contributed by atoms with Crippen LogP contribution in [0, 0.1) is 12.3 Å². The lowest BCUT2D eigenvalue weighted by molar-refractivity contribution is 0.414. The fourth-order valence-corrected chi connectivity index (χ4v) is 1.69. The van der Waals surface area contributed by atoms with Crippen molar-refractivity contribution in [3.8, 4) is 29.5 Å². The fourth-order valence-electron chi connectivity index (χ4n) is 1.24. The van der Waals surface area contributed by atoms with Crippen molar-refractivity contribution in [2.75, 3.05) is 12.9 Å². The van der Waals surface area contributed by atoms with Crippen molar-refractivity contribution in [2.24, 2.45) is 0 Å². The van der Waals surface area contributed by atoms with Gasteiger partial charge in [0.2, 0.25) is 5.89 Å². The molecule has 0 aliphatic rings. The van der Waals surface area contributed by atoms with E-state index >= 15 is 0 Å². The maximum Gasteiger partial charge on any atom is 0.277 e. The molecule has 1 aromatic heterocycles. The zero-order chi connectivity index (χ0) is 12.1. The molecular formula is C12H10N2O2S. The average Bonchev–Trinajstić information content (AvgIpc) is 2.85. The quantitative estimate of drug-likeness (QED) is 0.612. The Labute approximate surface area is 103 Å². The number of rotatable bonds is 4. The van der Waals surface area contributed by atoms with Crippen molar-refractivity contribution in [3.05, 3.63) is 24.3 Å². The van der Waals surface area contributed by atoms with Crippen LogP contribution in [0.2, 0.25) is 0 Å². The average molecular weight is 246 g/mol. The molecular weight excluding hydrogens is 236 g/mol. The highest BCUT2D eigenvalue weighted by atomic mass is 32.2. The minimum atomic E-state index is 0.462. The lowest BCUT2D eigenvalue weighted by Crippen LogP contribution is -1.83. The molecule has 0 atom stereocenters. The van der Waals surface area contributed by atoms with E-state index in [9.17, 15) is 0 Å². The number of terminal acetylenes is 1. The molecule has 5 heteroatoms. The van der Waals surface area contributed by atoms with Crippen molar-refractivity contribution >= 4 is 11.8 Å². The van der Waals surface area contributed by atoms with Gasteiger partial charge in [0, 0.05) is 5.56 Å². The lowest BCUT2D eigenvalue weighted by Gasteiger charge is -1.99. The summed E-state index contributed by atoms with van der Waals surface area (Å²) in [6.07, 6.45) is 5.15. The molecule has 2 aromatic rings. The van der Waals surface area contributed by atoms with E-state index < -0.39 is 0 Å². The standard InChI is InChI=1S/C12H10N2O2S/c1-3-7-17-12-14-13-11(16-12)9-5-4-6-10(8-9)15-2/h1,4-6,8H,7H2,2H3. The second-order valence-corrected chi connectivity index (χ2v) is 4.02. The Morgan fingerprint density at radius 2 is 2.35 bits per heavy atom. The third kappa shape index (κ3) is 2.80. The molecule has 86 valence electrons. The summed E-state index contributed by atoms with van der Waals surface area (Å²) >= 11 is 1.34. The Bertz CT molecular complexity index is 545. The Balaban J connectivity index is 2.21. The predicted octanol–water partition coefficient (Wildman–Crippen LogP) is 2.47. The van der Waals surface area contributed by atoms with Gasteiger partial charge in [0.25, 0.3) is 5.22 Å². The minimum absolute atomic E-state index is 0.462. The number of ether oxygens (including phenoxy) is 1. The minimum Gasteiger partial charge on any atom is -0.497 e. The molecule has 0 radical (unpaired) electrons. The van der Waals surface area contributed by atoms with Gasteiger partial charge in [-0.2, -0.15) is 0 Å². The molecule has 0 fully saturated rings. The van der Waals surface area contributed by atoms with Crippen LogP contribution in [0.3, 0.4) is 0 Å². The van der Waals surface area contributed by atoms with Gasteiger partial charge in [-0.1, -0.05) is 23.7 Å². The van der Waals surface area contributed by atoms with Gasteiger partial charge in [0.05, 0.1) is 12.9 Å². The first kappa shape index (κ1) is 11.6. The van der Waals surface area contributed by atoms with E-state index in [1.807, 2.05) is 24.3 Å². The van der Waals surface area contributed by atoms with Crippen LogP contribution < -0.4 is 4.74 Å². The van der Waals surface area contributed by atoms with E-state index in [0.29, 0.717) is 16.9 Å². The molecule has 0 aliphatic carbocycles. The van der Waals surface area contributed by atoms with Crippen molar-refractivity contribution in [2.45, 2.75) is 5.22 Å². The summed E-state index contributed by atoms with van der Waals surface area (Å²) in [4.78, 5) is 0. The van der Waals surface area contributed by atoms with Gasteiger partial charge in [-0.15, -0.1) is 16.6 Å². The van der Waals surface area contributed by atoms with Crippen LogP contribution in [0.5, 0.6) is 5.75 Å². The summed E-state index contributed by atoms with van der Waals surface area (Å²) in [5, 5.41) is 8.32. The molecule has 1 heterocycles. The molecule has 4 nitrogen and oxygen atoms in total. The summed E-state index contributed by atoms with van der Waals surface area (Å²) in [5.74, 6) is 4.22. The second kappa shape index (κ2) is 5.41. The van der Waals surface area contributed by atoms with Gasteiger partial charge in [-0.3, -0.25) is 0 Å². The third-order valence-corrected chi connectivity index (χ3v) is 2.73. The Morgan fingerprint density at radius 1 is 1.47 bits per heavy atom. The number of nitrogens with zero attached hydrogens (tertiary/aromatic N) is 2. The monoisotopic (exact) mass is 246 g/mol. The van der Waals surface area contributed by atoms with Gasteiger partial charge in [-0.05, 0) is 18.2 Å². The van der Waals surface area contributed by atoms with Gasteiger partial charge >= 0.3 is 0 Å². The Hall–Kier alpha value is -1.93. The van der Waals surface area contributed by atoms with Crippen LogP contribution in [-0.2, 0) is 0 Å². The van der Waals surface area contributed by atoms with Crippen molar-refractivity contribution in [3.63, 3.8) is 0 Å². The second-order valence-electron chi connectivity index (χ2n) is 3.10. The molecule has 1 aromatic carbocycles. The van der Waals surface area contributed by atoms with E-state index in [1.165, 1.54) is 11.8 Å². The largest absolute Gasteiger partial charge is 0.497 e. The van der Waals surface area contributed by atoms with Crippen LogP contribution in [0.1, 0.15) is 0 Å². The summed E-state index contributed by atoms with van der Waals surface area (Å²) in [5.41, 5.74) is 0.824. The van der Waals surface area contributed by atoms with Gasteiger partial charge in [0.15, 0.2) is 0 Å². The highest BCUT2D eigenvalue weighted by Crippen LogP contribution is 2.25. The topological polar surface area (TPSA) is 48.2 Å². The number of hydrogen-bond acceptors (Lipinski definition) is 5. The van der Waals surface area contributed by atoms with Crippen molar-refractivity contribution in [1.29, 1.82) is 0 Å². The number of hydrogen-bond donors (Lipinski definition) is 0. The first-order valence-corrected chi connectivity index (χ1v) is 5.86. The van der Waals surface area contributed by atoms with E-state index in [0.717, 1.165) is 11.3 Å². The lowest BCUT2D eigenvalue weighted by atomic mass is 10.2. The summed E-state index contributed by atoms with van der Waals surface area (Å²) < 4.78 is 10.6. The molecule has 0 bridgehead atoms. The fraction of sp³-hybridized carbons (Fsp3) is 0.167. The molecule has 0 amide bonds. The zero-order valence-corrected chi connectivity index (χ0v) is 10.0. The number of benzene rings is 1. The number of aromatic nitrogens is 2. The van der Waals surface area contributed by atoms with Crippen LogP contribution in [-0.4, -0.2) is 23.1 Å². The van der Waals surface area contributed by atoms with E-state index in [4.69, 9.17) is 15.6 Å². The summed E-state index contributed by atoms with van der Waals surface area (Å²) in [6.45, 7) is 0. The first-order chi connectivity index (χ1) is 8.33.